The number of hydrogen-bond acceptors (Lipinski definition) is 4. The molecule has 0 heterocycles. The van der Waals surface area contributed by atoms with Gasteiger partial charge in [0.1, 0.15) is 0 Å². The van der Waals surface area contributed by atoms with Crippen molar-refractivity contribution in [3.63, 3.8) is 0 Å². The number of benzene rings is 3. The first-order chi connectivity index (χ1) is 14.9. The number of carbonyl (C=O) groups excluding carboxylic acids is 1. The Morgan fingerprint density at radius 3 is 2.03 bits per heavy atom. The number of carbonyl (C=O) groups is 1. The van der Waals surface area contributed by atoms with Crippen molar-refractivity contribution in [1.82, 2.24) is 9.62 Å². The third-order valence-electron chi connectivity index (χ3n) is 5.00. The number of sulfonamides is 1. The van der Waals surface area contributed by atoms with E-state index in [-0.39, 0.29) is 17.3 Å². The van der Waals surface area contributed by atoms with E-state index in [9.17, 15) is 13.2 Å². The summed E-state index contributed by atoms with van der Waals surface area (Å²) >= 11 is 0. The average Bonchev–Trinajstić information content (AvgIpc) is 2.80. The van der Waals surface area contributed by atoms with E-state index in [2.05, 4.69) is 10.2 Å². The molecule has 0 bridgehead atoms. The van der Waals surface area contributed by atoms with E-state index in [0.29, 0.717) is 18.7 Å². The van der Waals surface area contributed by atoms with Gasteiger partial charge in [0, 0.05) is 45.0 Å². The summed E-state index contributed by atoms with van der Waals surface area (Å²) in [7, 11) is -0.0271. The number of rotatable bonds is 9. The maximum atomic E-state index is 12.6. The molecule has 7 heteroatoms. The fourth-order valence-electron chi connectivity index (χ4n) is 3.13. The molecule has 6 nitrogen and oxygen atoms in total. The van der Waals surface area contributed by atoms with E-state index < -0.39 is 10.0 Å². The van der Waals surface area contributed by atoms with Gasteiger partial charge >= 0.3 is 0 Å². The summed E-state index contributed by atoms with van der Waals surface area (Å²) in [6.07, 6.45) is 0. The lowest BCUT2D eigenvalue weighted by atomic mass is 10.1. The van der Waals surface area contributed by atoms with Gasteiger partial charge in [-0.2, -0.15) is 4.31 Å². The molecular weight excluding hydrogens is 410 g/mol. The third kappa shape index (κ3) is 5.93. The summed E-state index contributed by atoms with van der Waals surface area (Å²) in [6.45, 7) is 1.43. The summed E-state index contributed by atoms with van der Waals surface area (Å²) in [6, 6.07) is 25.3. The van der Waals surface area contributed by atoms with Gasteiger partial charge < -0.3 is 10.2 Å². The number of para-hydroxylation sites is 1. The fourth-order valence-corrected chi connectivity index (χ4v) is 4.31. The number of hydrogen-bond donors (Lipinski definition) is 1. The second-order valence-corrected chi connectivity index (χ2v) is 9.33. The molecular formula is C24H27N3O3S. The first-order valence-corrected chi connectivity index (χ1v) is 11.5. The maximum Gasteiger partial charge on any atom is 0.251 e. The Kier molecular flexibility index (Phi) is 7.44. The van der Waals surface area contributed by atoms with Gasteiger partial charge in [-0.05, 0) is 42.0 Å². The topological polar surface area (TPSA) is 69.7 Å². The van der Waals surface area contributed by atoms with Crippen molar-refractivity contribution in [3.05, 3.63) is 96.1 Å². The molecule has 0 saturated carbocycles. The molecule has 1 amide bonds. The molecule has 0 spiro atoms. The zero-order valence-electron chi connectivity index (χ0n) is 17.7. The number of amides is 1. The number of anilines is 1. The van der Waals surface area contributed by atoms with Crippen molar-refractivity contribution in [2.75, 3.05) is 32.1 Å². The van der Waals surface area contributed by atoms with Crippen LogP contribution in [0.5, 0.6) is 0 Å². The SMILES string of the molecule is CN(CCNC(=O)c1ccc(CN(C)S(=O)(=O)c2ccccc2)cc1)c1ccccc1. The molecule has 0 radical (unpaired) electrons. The van der Waals surface area contributed by atoms with Gasteiger partial charge in [0.15, 0.2) is 0 Å². The molecule has 0 aliphatic rings. The number of nitrogens with zero attached hydrogens (tertiary/aromatic N) is 2. The normalized spacial score (nSPS) is 11.3. The van der Waals surface area contributed by atoms with Crippen LogP contribution in [0.1, 0.15) is 15.9 Å². The van der Waals surface area contributed by atoms with E-state index in [1.54, 1.807) is 61.6 Å². The first kappa shape index (κ1) is 22.5. The molecule has 0 aliphatic heterocycles. The molecule has 0 aromatic heterocycles. The van der Waals surface area contributed by atoms with Crippen LogP contribution in [-0.4, -0.2) is 45.8 Å². The molecule has 3 aromatic rings. The maximum absolute atomic E-state index is 12.6. The molecule has 1 N–H and O–H groups in total. The van der Waals surface area contributed by atoms with E-state index in [4.69, 9.17) is 0 Å². The smallest absolute Gasteiger partial charge is 0.251 e. The summed E-state index contributed by atoms with van der Waals surface area (Å²) < 4.78 is 26.6. The first-order valence-electron chi connectivity index (χ1n) is 10.0. The number of nitrogens with one attached hydrogen (secondary N) is 1. The van der Waals surface area contributed by atoms with Gasteiger partial charge in [0.2, 0.25) is 10.0 Å². The Morgan fingerprint density at radius 2 is 1.42 bits per heavy atom. The summed E-state index contributed by atoms with van der Waals surface area (Å²) in [5, 5.41) is 2.92. The minimum atomic E-state index is -3.56. The van der Waals surface area contributed by atoms with Crippen LogP contribution in [0.15, 0.2) is 89.8 Å². The van der Waals surface area contributed by atoms with Crippen molar-refractivity contribution in [3.8, 4) is 0 Å². The van der Waals surface area contributed by atoms with E-state index in [0.717, 1.165) is 11.3 Å². The fraction of sp³-hybridized carbons (Fsp3) is 0.208. The lowest BCUT2D eigenvalue weighted by molar-refractivity contribution is 0.0954. The molecule has 3 aromatic carbocycles. The lowest BCUT2D eigenvalue weighted by Crippen LogP contribution is -2.33. The third-order valence-corrected chi connectivity index (χ3v) is 6.82. The quantitative estimate of drug-likeness (QED) is 0.557. The highest BCUT2D eigenvalue weighted by Crippen LogP contribution is 2.17. The van der Waals surface area contributed by atoms with Gasteiger partial charge in [0.25, 0.3) is 5.91 Å². The monoisotopic (exact) mass is 437 g/mol. The second-order valence-electron chi connectivity index (χ2n) is 7.28. The standard InChI is InChI=1S/C24H27N3O3S/c1-26(22-9-5-3-6-10-22)18-17-25-24(28)21-15-13-20(14-16-21)19-27(2)31(29,30)23-11-7-4-8-12-23/h3-16H,17-19H2,1-2H3,(H,25,28). The van der Waals surface area contributed by atoms with Gasteiger partial charge in [-0.15, -0.1) is 0 Å². The van der Waals surface area contributed by atoms with Crippen LogP contribution in [0.3, 0.4) is 0 Å². The van der Waals surface area contributed by atoms with Crippen LogP contribution in [0.4, 0.5) is 5.69 Å². The van der Waals surface area contributed by atoms with E-state index >= 15 is 0 Å². The molecule has 0 saturated heterocycles. The number of likely N-dealkylation sites (N-methyl/N-ethyl adjacent to an activating group) is 1. The Morgan fingerprint density at radius 1 is 0.839 bits per heavy atom. The van der Waals surface area contributed by atoms with Crippen LogP contribution in [0.2, 0.25) is 0 Å². The molecule has 0 unspecified atom stereocenters. The highest BCUT2D eigenvalue weighted by molar-refractivity contribution is 7.89. The van der Waals surface area contributed by atoms with Crippen molar-refractivity contribution in [2.24, 2.45) is 0 Å². The minimum Gasteiger partial charge on any atom is -0.373 e. The Balaban J connectivity index is 1.53. The van der Waals surface area contributed by atoms with Crippen LogP contribution >= 0.6 is 0 Å². The van der Waals surface area contributed by atoms with E-state index in [1.807, 2.05) is 37.4 Å². The molecule has 162 valence electrons. The molecule has 3 rings (SSSR count). The largest absolute Gasteiger partial charge is 0.373 e. The summed E-state index contributed by atoms with van der Waals surface area (Å²) in [5.41, 5.74) is 2.44. The average molecular weight is 438 g/mol. The van der Waals surface area contributed by atoms with Crippen LogP contribution in [0.25, 0.3) is 0 Å². The van der Waals surface area contributed by atoms with Gasteiger partial charge in [-0.25, -0.2) is 8.42 Å². The van der Waals surface area contributed by atoms with E-state index in [1.165, 1.54) is 4.31 Å². The van der Waals surface area contributed by atoms with Gasteiger partial charge in [0.05, 0.1) is 4.90 Å². The summed E-state index contributed by atoms with van der Waals surface area (Å²) in [4.78, 5) is 14.7. The Hall–Kier alpha value is -3.16. The molecule has 0 atom stereocenters. The van der Waals surface area contributed by atoms with Gasteiger partial charge in [-0.1, -0.05) is 48.5 Å². The van der Waals surface area contributed by atoms with Crippen molar-refractivity contribution in [2.45, 2.75) is 11.4 Å². The predicted molar refractivity (Wildman–Crippen MR) is 124 cm³/mol. The van der Waals surface area contributed by atoms with Crippen LogP contribution < -0.4 is 10.2 Å². The van der Waals surface area contributed by atoms with Crippen molar-refractivity contribution in [1.29, 1.82) is 0 Å². The zero-order chi connectivity index (χ0) is 22.3. The van der Waals surface area contributed by atoms with Crippen molar-refractivity contribution >= 4 is 21.6 Å². The van der Waals surface area contributed by atoms with Gasteiger partial charge in [-0.3, -0.25) is 4.79 Å². The lowest BCUT2D eigenvalue weighted by Gasteiger charge is -2.19. The summed E-state index contributed by atoms with van der Waals surface area (Å²) in [5.74, 6) is -0.154. The molecule has 0 aliphatic carbocycles. The Labute approximate surface area is 184 Å². The van der Waals surface area contributed by atoms with Crippen LogP contribution in [-0.2, 0) is 16.6 Å². The van der Waals surface area contributed by atoms with Crippen molar-refractivity contribution < 1.29 is 13.2 Å². The zero-order valence-corrected chi connectivity index (χ0v) is 18.5. The van der Waals surface area contributed by atoms with Crippen LogP contribution in [0, 0.1) is 0 Å². The Bertz CT molecular complexity index is 1090. The highest BCUT2D eigenvalue weighted by atomic mass is 32.2. The predicted octanol–water partition coefficient (Wildman–Crippen LogP) is 3.37. The highest BCUT2D eigenvalue weighted by Gasteiger charge is 2.20. The molecule has 31 heavy (non-hydrogen) atoms. The molecule has 0 fully saturated rings. The minimum absolute atomic E-state index is 0.154. The second kappa shape index (κ2) is 10.2.